The van der Waals surface area contributed by atoms with Crippen LogP contribution in [-0.4, -0.2) is 50.3 Å². The van der Waals surface area contributed by atoms with Gasteiger partial charge in [-0.05, 0) is 85.8 Å². The van der Waals surface area contributed by atoms with Gasteiger partial charge in [-0.25, -0.2) is 4.79 Å². The largest absolute Gasteiger partial charge is 0.462 e. The Labute approximate surface area is 216 Å². The SMILES string of the molecule is CCC(C)(CCCC(C)(C)C(=O)OCCOC(=O)/C(C)=C(\C)C(C)=C(C)C)C(=O)OCCOC(C)=O. The first kappa shape index (κ1) is 33.4. The van der Waals surface area contributed by atoms with Crippen LogP contribution in [0.5, 0.6) is 0 Å². The molecule has 36 heavy (non-hydrogen) atoms. The van der Waals surface area contributed by atoms with Crippen LogP contribution >= 0.6 is 0 Å². The molecule has 0 saturated heterocycles. The van der Waals surface area contributed by atoms with Crippen LogP contribution in [0.15, 0.2) is 22.3 Å². The maximum absolute atomic E-state index is 12.6. The molecule has 0 aromatic heterocycles. The monoisotopic (exact) mass is 510 g/mol. The fourth-order valence-electron chi connectivity index (χ4n) is 3.32. The van der Waals surface area contributed by atoms with Crippen LogP contribution in [0.25, 0.3) is 0 Å². The Morgan fingerprint density at radius 3 is 1.61 bits per heavy atom. The van der Waals surface area contributed by atoms with Crippen LogP contribution < -0.4 is 0 Å². The van der Waals surface area contributed by atoms with Crippen molar-refractivity contribution in [3.63, 3.8) is 0 Å². The molecule has 0 amide bonds. The number of carbonyl (C=O) groups is 4. The lowest BCUT2D eigenvalue weighted by molar-refractivity contribution is -0.160. The van der Waals surface area contributed by atoms with Gasteiger partial charge in [-0.3, -0.25) is 14.4 Å². The van der Waals surface area contributed by atoms with Crippen LogP contribution in [0, 0.1) is 10.8 Å². The fraction of sp³-hybridized carbons (Fsp3) is 0.714. The molecule has 0 aromatic rings. The number of ether oxygens (including phenoxy) is 4. The highest BCUT2D eigenvalue weighted by Gasteiger charge is 2.35. The Morgan fingerprint density at radius 2 is 1.11 bits per heavy atom. The molecule has 0 aromatic carbocycles. The van der Waals surface area contributed by atoms with Gasteiger partial charge in [0.05, 0.1) is 10.8 Å². The van der Waals surface area contributed by atoms with Crippen LogP contribution in [0.4, 0.5) is 0 Å². The zero-order chi connectivity index (χ0) is 28.1. The third kappa shape index (κ3) is 11.4. The van der Waals surface area contributed by atoms with Crippen molar-refractivity contribution >= 4 is 23.9 Å². The number of carbonyl (C=O) groups excluding carboxylic acids is 4. The Balaban J connectivity index is 4.62. The summed E-state index contributed by atoms with van der Waals surface area (Å²) in [6.45, 7) is 18.2. The van der Waals surface area contributed by atoms with Gasteiger partial charge in [0.2, 0.25) is 0 Å². The third-order valence-electron chi connectivity index (χ3n) is 6.71. The number of allylic oxidation sites excluding steroid dienone is 3. The minimum atomic E-state index is -0.759. The van der Waals surface area contributed by atoms with Crippen molar-refractivity contribution in [1.82, 2.24) is 0 Å². The molecular weight excluding hydrogens is 464 g/mol. The second-order valence-corrected chi connectivity index (χ2v) is 10.3. The van der Waals surface area contributed by atoms with Crippen molar-refractivity contribution in [2.24, 2.45) is 10.8 Å². The summed E-state index contributed by atoms with van der Waals surface area (Å²) in [5, 5.41) is 0. The van der Waals surface area contributed by atoms with Crippen molar-refractivity contribution in [3.8, 4) is 0 Å². The molecule has 1 atom stereocenters. The zero-order valence-corrected chi connectivity index (χ0v) is 23.9. The van der Waals surface area contributed by atoms with E-state index in [2.05, 4.69) is 0 Å². The van der Waals surface area contributed by atoms with E-state index in [1.807, 2.05) is 41.5 Å². The molecule has 0 N–H and O–H groups in total. The molecule has 0 rings (SSSR count). The first-order valence-corrected chi connectivity index (χ1v) is 12.6. The molecule has 0 aliphatic heterocycles. The Morgan fingerprint density at radius 1 is 0.611 bits per heavy atom. The van der Waals surface area contributed by atoms with E-state index in [1.54, 1.807) is 20.8 Å². The van der Waals surface area contributed by atoms with Gasteiger partial charge >= 0.3 is 23.9 Å². The predicted molar refractivity (Wildman–Crippen MR) is 138 cm³/mol. The minimum absolute atomic E-state index is 0.0137. The quantitative estimate of drug-likeness (QED) is 0.0937. The lowest BCUT2D eigenvalue weighted by Gasteiger charge is -2.28. The highest BCUT2D eigenvalue weighted by molar-refractivity contribution is 5.89. The number of rotatable bonds is 15. The van der Waals surface area contributed by atoms with Gasteiger partial charge in [0, 0.05) is 12.5 Å². The molecule has 8 nitrogen and oxygen atoms in total. The standard InChI is InChI=1S/C28H46O8/c1-11-28(10,26(32)36-17-15-33-23(7)29)14-12-13-27(8,9)25(31)35-18-16-34-24(30)22(6)21(5)20(4)19(2)3/h11-18H2,1-10H3/b22-21+. The van der Waals surface area contributed by atoms with Crippen molar-refractivity contribution in [3.05, 3.63) is 22.3 Å². The van der Waals surface area contributed by atoms with Crippen molar-refractivity contribution in [2.75, 3.05) is 26.4 Å². The summed E-state index contributed by atoms with van der Waals surface area (Å²) in [5.41, 5.74) is 2.14. The van der Waals surface area contributed by atoms with E-state index in [0.29, 0.717) is 31.3 Å². The van der Waals surface area contributed by atoms with Gasteiger partial charge in [0.1, 0.15) is 26.4 Å². The molecule has 206 valence electrons. The topological polar surface area (TPSA) is 105 Å². The molecule has 0 bridgehead atoms. The molecular formula is C28H46O8. The average Bonchev–Trinajstić information content (AvgIpc) is 2.81. The van der Waals surface area contributed by atoms with Crippen LogP contribution in [0.1, 0.15) is 94.9 Å². The maximum Gasteiger partial charge on any atom is 0.334 e. The van der Waals surface area contributed by atoms with Crippen molar-refractivity contribution in [1.29, 1.82) is 0 Å². The van der Waals surface area contributed by atoms with E-state index in [4.69, 9.17) is 18.9 Å². The zero-order valence-electron chi connectivity index (χ0n) is 23.9. The Kier molecular flexibility index (Phi) is 14.3. The first-order chi connectivity index (χ1) is 16.6. The van der Waals surface area contributed by atoms with Gasteiger partial charge in [0.25, 0.3) is 0 Å². The summed E-state index contributed by atoms with van der Waals surface area (Å²) in [7, 11) is 0. The smallest absolute Gasteiger partial charge is 0.334 e. The minimum Gasteiger partial charge on any atom is -0.462 e. The number of hydrogen-bond acceptors (Lipinski definition) is 8. The first-order valence-electron chi connectivity index (χ1n) is 12.6. The van der Waals surface area contributed by atoms with Crippen molar-refractivity contribution in [2.45, 2.75) is 94.9 Å². The molecule has 8 heteroatoms. The summed E-state index contributed by atoms with van der Waals surface area (Å²) >= 11 is 0. The van der Waals surface area contributed by atoms with E-state index in [0.717, 1.165) is 16.7 Å². The summed E-state index contributed by atoms with van der Waals surface area (Å²) in [4.78, 5) is 48.2. The number of esters is 4. The molecule has 0 spiro atoms. The van der Waals surface area contributed by atoms with Gasteiger partial charge in [-0.15, -0.1) is 0 Å². The summed E-state index contributed by atoms with van der Waals surface area (Å²) < 4.78 is 20.7. The van der Waals surface area contributed by atoms with Crippen molar-refractivity contribution < 1.29 is 38.1 Å². The van der Waals surface area contributed by atoms with E-state index in [1.165, 1.54) is 6.92 Å². The summed E-state index contributed by atoms with van der Waals surface area (Å²) in [5.74, 6) is -1.58. The Bertz CT molecular complexity index is 846. The van der Waals surface area contributed by atoms with Crippen LogP contribution in [-0.2, 0) is 38.1 Å². The molecule has 0 radical (unpaired) electrons. The lowest BCUT2D eigenvalue weighted by Crippen LogP contribution is -2.32. The maximum atomic E-state index is 12.6. The molecule has 0 saturated carbocycles. The lowest BCUT2D eigenvalue weighted by atomic mass is 9.79. The second kappa shape index (κ2) is 15.5. The summed E-state index contributed by atoms with van der Waals surface area (Å²) in [6.07, 6.45) is 2.26. The average molecular weight is 511 g/mol. The normalized spacial score (nSPS) is 13.6. The van der Waals surface area contributed by atoms with E-state index < -0.39 is 22.8 Å². The predicted octanol–water partition coefficient (Wildman–Crippen LogP) is 5.48. The molecule has 1 unspecified atom stereocenters. The third-order valence-corrected chi connectivity index (χ3v) is 6.71. The highest BCUT2D eigenvalue weighted by Crippen LogP contribution is 2.33. The van der Waals surface area contributed by atoms with E-state index in [-0.39, 0.29) is 38.4 Å². The summed E-state index contributed by atoms with van der Waals surface area (Å²) in [6, 6.07) is 0. The molecule has 0 fully saturated rings. The van der Waals surface area contributed by atoms with Gasteiger partial charge in [0.15, 0.2) is 0 Å². The molecule has 0 aliphatic carbocycles. The van der Waals surface area contributed by atoms with Crippen LogP contribution in [0.3, 0.4) is 0 Å². The Hall–Kier alpha value is -2.64. The van der Waals surface area contributed by atoms with Gasteiger partial charge < -0.3 is 18.9 Å². The molecule has 0 aliphatic rings. The second-order valence-electron chi connectivity index (χ2n) is 10.3. The number of hydrogen-bond donors (Lipinski definition) is 0. The van der Waals surface area contributed by atoms with Gasteiger partial charge in [-0.1, -0.05) is 18.9 Å². The van der Waals surface area contributed by atoms with Crippen LogP contribution in [0.2, 0.25) is 0 Å². The fourth-order valence-corrected chi connectivity index (χ4v) is 3.32. The van der Waals surface area contributed by atoms with E-state index >= 15 is 0 Å². The highest BCUT2D eigenvalue weighted by atomic mass is 16.6. The molecule has 0 heterocycles. The van der Waals surface area contributed by atoms with Gasteiger partial charge in [-0.2, -0.15) is 0 Å². The van der Waals surface area contributed by atoms with E-state index in [9.17, 15) is 19.2 Å².